The zero-order chi connectivity index (χ0) is 11.3. The topological polar surface area (TPSA) is 60.2 Å². The maximum atomic E-state index is 12.1. The lowest BCUT2D eigenvalue weighted by Crippen LogP contribution is -2.21. The predicted molar refractivity (Wildman–Crippen MR) is 54.5 cm³/mol. The predicted octanol–water partition coefficient (Wildman–Crippen LogP) is 1.76. The number of carbonyl (C=O) groups excluding carboxylic acids is 2. The monoisotopic (exact) mass is 213 g/mol. The molecule has 0 saturated heterocycles. The molecule has 1 aliphatic rings. The molecule has 0 atom stereocenters. The Morgan fingerprint density at radius 1 is 1.19 bits per heavy atom. The molecule has 0 unspecified atom stereocenters. The summed E-state index contributed by atoms with van der Waals surface area (Å²) in [5, 5.41) is 0. The molecule has 0 amide bonds. The second-order valence-corrected chi connectivity index (χ2v) is 3.67. The van der Waals surface area contributed by atoms with Crippen LogP contribution in [0.5, 0.6) is 0 Å². The third-order valence-corrected chi connectivity index (χ3v) is 2.72. The van der Waals surface area contributed by atoms with E-state index in [1.807, 2.05) is 0 Å². The molecule has 16 heavy (non-hydrogen) atoms. The Balaban J connectivity index is 2.38. The fraction of sp³-hybridized carbons (Fsp3) is 0.0833. The van der Waals surface area contributed by atoms with Crippen LogP contribution < -0.4 is 0 Å². The molecular formula is C12H7NO3. The second-order valence-electron chi connectivity index (χ2n) is 3.67. The van der Waals surface area contributed by atoms with Crippen LogP contribution in [0.4, 0.5) is 0 Å². The fourth-order valence-electron chi connectivity index (χ4n) is 1.92. The molecule has 0 radical (unpaired) electrons. The van der Waals surface area contributed by atoms with Crippen molar-refractivity contribution in [3.05, 3.63) is 52.7 Å². The molecule has 3 rings (SSSR count). The van der Waals surface area contributed by atoms with E-state index in [0.29, 0.717) is 11.1 Å². The van der Waals surface area contributed by atoms with Crippen molar-refractivity contribution in [1.29, 1.82) is 0 Å². The summed E-state index contributed by atoms with van der Waals surface area (Å²) in [6, 6.07) is 3.24. The van der Waals surface area contributed by atoms with Gasteiger partial charge in [0.1, 0.15) is 5.69 Å². The van der Waals surface area contributed by atoms with E-state index in [0.717, 1.165) is 5.56 Å². The van der Waals surface area contributed by atoms with E-state index in [2.05, 4.69) is 4.98 Å². The number of hydrogen-bond donors (Lipinski definition) is 0. The fourth-order valence-corrected chi connectivity index (χ4v) is 1.92. The Morgan fingerprint density at radius 2 is 2.00 bits per heavy atom. The second kappa shape index (κ2) is 2.88. The highest BCUT2D eigenvalue weighted by Crippen LogP contribution is 2.28. The van der Waals surface area contributed by atoms with Gasteiger partial charge in [-0.25, -0.2) is 0 Å². The van der Waals surface area contributed by atoms with Crippen LogP contribution in [0.3, 0.4) is 0 Å². The Labute approximate surface area is 90.9 Å². The van der Waals surface area contributed by atoms with Gasteiger partial charge in [-0.3, -0.25) is 14.6 Å². The van der Waals surface area contributed by atoms with Gasteiger partial charge in [-0.2, -0.15) is 0 Å². The first kappa shape index (κ1) is 9.03. The van der Waals surface area contributed by atoms with Crippen molar-refractivity contribution in [2.45, 2.75) is 6.92 Å². The minimum Gasteiger partial charge on any atom is -0.460 e. The van der Waals surface area contributed by atoms with Crippen LogP contribution in [0.1, 0.15) is 37.7 Å². The van der Waals surface area contributed by atoms with E-state index in [1.165, 1.54) is 18.5 Å². The largest absolute Gasteiger partial charge is 0.460 e. The van der Waals surface area contributed by atoms with Gasteiger partial charge in [0.05, 0.1) is 17.4 Å². The lowest BCUT2D eigenvalue weighted by Gasteiger charge is -2.13. The average molecular weight is 213 g/mol. The van der Waals surface area contributed by atoms with E-state index >= 15 is 0 Å². The first-order chi connectivity index (χ1) is 7.70. The smallest absolute Gasteiger partial charge is 0.247 e. The maximum Gasteiger partial charge on any atom is 0.247 e. The standard InChI is InChI=1S/C12H7NO3/c1-6-2-4-13-9-8(6)10(14)7-3-5-16-12(7)11(9)15/h2-5H,1H3. The van der Waals surface area contributed by atoms with Crippen molar-refractivity contribution in [2.24, 2.45) is 0 Å². The summed E-state index contributed by atoms with van der Waals surface area (Å²) in [7, 11) is 0. The summed E-state index contributed by atoms with van der Waals surface area (Å²) in [6.07, 6.45) is 2.87. The number of rotatable bonds is 0. The van der Waals surface area contributed by atoms with Crippen molar-refractivity contribution in [2.75, 3.05) is 0 Å². The number of ketones is 2. The molecule has 0 N–H and O–H groups in total. The normalized spacial score (nSPS) is 13.6. The van der Waals surface area contributed by atoms with Gasteiger partial charge in [0.15, 0.2) is 11.5 Å². The molecule has 78 valence electrons. The molecule has 2 heterocycles. The van der Waals surface area contributed by atoms with Crippen molar-refractivity contribution in [3.8, 4) is 0 Å². The van der Waals surface area contributed by atoms with Crippen LogP contribution in [-0.2, 0) is 0 Å². The van der Waals surface area contributed by atoms with E-state index in [1.54, 1.807) is 13.0 Å². The van der Waals surface area contributed by atoms with Crippen molar-refractivity contribution in [3.63, 3.8) is 0 Å². The van der Waals surface area contributed by atoms with Crippen LogP contribution >= 0.6 is 0 Å². The van der Waals surface area contributed by atoms with Gasteiger partial charge in [-0.15, -0.1) is 0 Å². The van der Waals surface area contributed by atoms with Gasteiger partial charge >= 0.3 is 0 Å². The van der Waals surface area contributed by atoms with E-state index in [-0.39, 0.29) is 23.0 Å². The van der Waals surface area contributed by atoms with Crippen LogP contribution in [-0.4, -0.2) is 16.6 Å². The minimum absolute atomic E-state index is 0.0931. The van der Waals surface area contributed by atoms with Gasteiger partial charge in [0.2, 0.25) is 5.78 Å². The zero-order valence-corrected chi connectivity index (χ0v) is 8.48. The number of hydrogen-bond acceptors (Lipinski definition) is 4. The average Bonchev–Trinajstić information content (AvgIpc) is 2.75. The number of pyridine rings is 1. The highest BCUT2D eigenvalue weighted by molar-refractivity contribution is 6.27. The van der Waals surface area contributed by atoms with Gasteiger partial charge < -0.3 is 4.42 Å². The molecule has 4 nitrogen and oxygen atoms in total. The van der Waals surface area contributed by atoms with Gasteiger partial charge in [0, 0.05) is 6.20 Å². The number of aryl methyl sites for hydroxylation is 1. The van der Waals surface area contributed by atoms with Gasteiger partial charge in [-0.1, -0.05) is 0 Å². The number of nitrogens with zero attached hydrogens (tertiary/aromatic N) is 1. The quantitative estimate of drug-likeness (QED) is 0.570. The van der Waals surface area contributed by atoms with Crippen molar-refractivity contribution in [1.82, 2.24) is 4.98 Å². The number of fused-ring (bicyclic) bond motifs is 2. The molecule has 0 fully saturated rings. The Bertz CT molecular complexity index is 625. The van der Waals surface area contributed by atoms with E-state index < -0.39 is 0 Å². The molecule has 0 spiro atoms. The minimum atomic E-state index is -0.321. The van der Waals surface area contributed by atoms with Gasteiger partial charge in [0.25, 0.3) is 0 Å². The Hall–Kier alpha value is -2.23. The van der Waals surface area contributed by atoms with Crippen LogP contribution in [0.25, 0.3) is 0 Å². The molecular weight excluding hydrogens is 206 g/mol. The van der Waals surface area contributed by atoms with Gasteiger partial charge in [-0.05, 0) is 24.6 Å². The lowest BCUT2D eigenvalue weighted by atomic mass is 9.90. The van der Waals surface area contributed by atoms with Crippen molar-refractivity contribution < 1.29 is 14.0 Å². The molecule has 0 bridgehead atoms. The summed E-state index contributed by atoms with van der Waals surface area (Å²) in [6.45, 7) is 1.79. The molecule has 4 heteroatoms. The summed E-state index contributed by atoms with van der Waals surface area (Å²) < 4.78 is 5.02. The van der Waals surface area contributed by atoms with E-state index in [9.17, 15) is 9.59 Å². The lowest BCUT2D eigenvalue weighted by molar-refractivity contribution is 0.0955. The van der Waals surface area contributed by atoms with Crippen LogP contribution in [0, 0.1) is 6.92 Å². The summed E-state index contributed by atoms with van der Waals surface area (Å²) >= 11 is 0. The third-order valence-electron chi connectivity index (χ3n) is 2.72. The zero-order valence-electron chi connectivity index (χ0n) is 8.48. The maximum absolute atomic E-state index is 12.1. The number of aromatic nitrogens is 1. The number of furan rings is 1. The summed E-state index contributed by atoms with van der Waals surface area (Å²) in [5.41, 5.74) is 1.66. The highest BCUT2D eigenvalue weighted by atomic mass is 16.3. The van der Waals surface area contributed by atoms with Crippen LogP contribution in [0.2, 0.25) is 0 Å². The summed E-state index contributed by atoms with van der Waals surface area (Å²) in [5.74, 6) is -0.419. The SMILES string of the molecule is Cc1ccnc2c1C(=O)c1ccoc1C2=O. The highest BCUT2D eigenvalue weighted by Gasteiger charge is 2.34. The first-order valence-electron chi connectivity index (χ1n) is 4.82. The molecule has 0 aromatic carbocycles. The first-order valence-corrected chi connectivity index (χ1v) is 4.82. The Kier molecular flexibility index (Phi) is 1.63. The van der Waals surface area contributed by atoms with E-state index in [4.69, 9.17) is 4.42 Å². The molecule has 2 aromatic heterocycles. The molecule has 0 aliphatic heterocycles. The Morgan fingerprint density at radius 3 is 2.81 bits per heavy atom. The van der Waals surface area contributed by atoms with Crippen LogP contribution in [0.15, 0.2) is 29.0 Å². The summed E-state index contributed by atoms with van der Waals surface area (Å²) in [4.78, 5) is 28.0. The third kappa shape index (κ3) is 0.957. The molecule has 0 saturated carbocycles. The molecule has 1 aliphatic carbocycles. The molecule has 2 aromatic rings. The van der Waals surface area contributed by atoms with Crippen molar-refractivity contribution >= 4 is 11.6 Å². The number of carbonyl (C=O) groups is 2.